The standard InChI is InChI=1S/C13H26N8/c1-20(2)12-17-10(16-11(18-12)19-14)15-9-13(21(3)4)7-5-6-8-13/h5-9,14H2,1-4H3,(H2,15,16,17,18,19). The third-order valence-corrected chi connectivity index (χ3v) is 4.21. The molecule has 1 saturated carbocycles. The van der Waals surface area contributed by atoms with E-state index in [1.54, 1.807) is 0 Å². The quantitative estimate of drug-likeness (QED) is 0.516. The largest absolute Gasteiger partial charge is 0.352 e. The molecule has 1 fully saturated rings. The summed E-state index contributed by atoms with van der Waals surface area (Å²) in [4.78, 5) is 17.0. The molecule has 0 aromatic carbocycles. The maximum absolute atomic E-state index is 5.42. The van der Waals surface area contributed by atoms with Crippen LogP contribution in [0.2, 0.25) is 0 Å². The number of hydrogen-bond donors (Lipinski definition) is 3. The SMILES string of the molecule is CN(C)c1nc(NN)nc(NCC2(N(C)C)CCCC2)n1. The van der Waals surface area contributed by atoms with E-state index in [4.69, 9.17) is 5.84 Å². The number of hydrogen-bond acceptors (Lipinski definition) is 8. The highest BCUT2D eigenvalue weighted by molar-refractivity contribution is 5.42. The molecule has 8 nitrogen and oxygen atoms in total. The van der Waals surface area contributed by atoms with Gasteiger partial charge in [-0.25, -0.2) is 5.84 Å². The molecular formula is C13H26N8. The van der Waals surface area contributed by atoms with Crippen molar-refractivity contribution in [3.8, 4) is 0 Å². The molecule has 1 heterocycles. The molecular weight excluding hydrogens is 268 g/mol. The molecule has 8 heteroatoms. The van der Waals surface area contributed by atoms with Crippen LogP contribution in [0.5, 0.6) is 0 Å². The van der Waals surface area contributed by atoms with Gasteiger partial charge < -0.3 is 15.1 Å². The smallest absolute Gasteiger partial charge is 0.243 e. The first-order valence-corrected chi connectivity index (χ1v) is 7.28. The number of likely N-dealkylation sites (N-methyl/N-ethyl adjacent to an activating group) is 1. The Bertz CT molecular complexity index is 467. The number of anilines is 3. The zero-order valence-corrected chi connectivity index (χ0v) is 13.3. The molecule has 0 spiro atoms. The summed E-state index contributed by atoms with van der Waals surface area (Å²) in [5.41, 5.74) is 2.67. The summed E-state index contributed by atoms with van der Waals surface area (Å²) >= 11 is 0. The van der Waals surface area contributed by atoms with Crippen molar-refractivity contribution in [1.29, 1.82) is 0 Å². The van der Waals surface area contributed by atoms with E-state index in [9.17, 15) is 0 Å². The number of aromatic nitrogens is 3. The van der Waals surface area contributed by atoms with Crippen LogP contribution in [-0.2, 0) is 0 Å². The third kappa shape index (κ3) is 3.51. The van der Waals surface area contributed by atoms with Gasteiger partial charge in [0.1, 0.15) is 0 Å². The molecule has 1 aliphatic rings. The van der Waals surface area contributed by atoms with E-state index in [2.05, 4.69) is 44.7 Å². The zero-order chi connectivity index (χ0) is 15.5. The minimum Gasteiger partial charge on any atom is -0.352 e. The molecule has 0 aliphatic heterocycles. The molecule has 1 aromatic heterocycles. The molecule has 1 aliphatic carbocycles. The number of nitrogen functional groups attached to an aromatic ring is 1. The van der Waals surface area contributed by atoms with Crippen molar-refractivity contribution >= 4 is 17.8 Å². The lowest BCUT2D eigenvalue weighted by Crippen LogP contribution is -2.47. The molecule has 21 heavy (non-hydrogen) atoms. The van der Waals surface area contributed by atoms with Crippen LogP contribution in [0.25, 0.3) is 0 Å². The molecule has 0 bridgehead atoms. The summed E-state index contributed by atoms with van der Waals surface area (Å²) in [5, 5.41) is 3.35. The van der Waals surface area contributed by atoms with Crippen molar-refractivity contribution < 1.29 is 0 Å². The fraction of sp³-hybridized carbons (Fsp3) is 0.769. The van der Waals surface area contributed by atoms with E-state index in [0.29, 0.717) is 17.8 Å². The fourth-order valence-electron chi connectivity index (χ4n) is 2.77. The molecule has 0 radical (unpaired) electrons. The topological polar surface area (TPSA) is 95.2 Å². The number of rotatable bonds is 6. The summed E-state index contributed by atoms with van der Waals surface area (Å²) < 4.78 is 0. The molecule has 2 rings (SSSR count). The Kier molecular flexibility index (Phi) is 4.79. The minimum absolute atomic E-state index is 0.182. The van der Waals surface area contributed by atoms with Gasteiger partial charge in [-0.2, -0.15) is 15.0 Å². The maximum Gasteiger partial charge on any atom is 0.243 e. The van der Waals surface area contributed by atoms with E-state index in [0.717, 1.165) is 6.54 Å². The van der Waals surface area contributed by atoms with Gasteiger partial charge in [-0.05, 0) is 26.9 Å². The van der Waals surface area contributed by atoms with Crippen molar-refractivity contribution in [3.05, 3.63) is 0 Å². The normalized spacial score (nSPS) is 17.0. The van der Waals surface area contributed by atoms with Crippen LogP contribution in [0.15, 0.2) is 0 Å². The Morgan fingerprint density at radius 1 is 1.05 bits per heavy atom. The van der Waals surface area contributed by atoms with Crippen LogP contribution >= 0.6 is 0 Å². The monoisotopic (exact) mass is 294 g/mol. The lowest BCUT2D eigenvalue weighted by molar-refractivity contribution is 0.172. The van der Waals surface area contributed by atoms with Gasteiger partial charge in [-0.15, -0.1) is 0 Å². The van der Waals surface area contributed by atoms with Crippen molar-refractivity contribution in [3.63, 3.8) is 0 Å². The minimum atomic E-state index is 0.182. The van der Waals surface area contributed by atoms with Gasteiger partial charge in [0.15, 0.2) is 0 Å². The lowest BCUT2D eigenvalue weighted by atomic mass is 9.96. The summed E-state index contributed by atoms with van der Waals surface area (Å²) in [6.45, 7) is 0.820. The van der Waals surface area contributed by atoms with Crippen molar-refractivity contribution in [2.24, 2.45) is 5.84 Å². The van der Waals surface area contributed by atoms with Crippen LogP contribution in [0, 0.1) is 0 Å². The van der Waals surface area contributed by atoms with Crippen molar-refractivity contribution in [2.75, 3.05) is 50.4 Å². The molecule has 0 amide bonds. The Labute approximate surface area is 126 Å². The predicted molar refractivity (Wildman–Crippen MR) is 85.3 cm³/mol. The van der Waals surface area contributed by atoms with E-state index < -0.39 is 0 Å². The van der Waals surface area contributed by atoms with Crippen LogP contribution in [0.1, 0.15) is 25.7 Å². The number of nitrogens with one attached hydrogen (secondary N) is 2. The maximum atomic E-state index is 5.42. The molecule has 1 aromatic rings. The van der Waals surface area contributed by atoms with E-state index in [-0.39, 0.29) is 5.54 Å². The van der Waals surface area contributed by atoms with Gasteiger partial charge >= 0.3 is 0 Å². The Morgan fingerprint density at radius 3 is 2.19 bits per heavy atom. The number of nitrogens with two attached hydrogens (primary N) is 1. The molecule has 0 atom stereocenters. The van der Waals surface area contributed by atoms with Gasteiger partial charge in [-0.3, -0.25) is 5.43 Å². The zero-order valence-electron chi connectivity index (χ0n) is 13.3. The highest BCUT2D eigenvalue weighted by atomic mass is 15.4. The second-order valence-corrected chi connectivity index (χ2v) is 6.00. The van der Waals surface area contributed by atoms with Crippen molar-refractivity contribution in [1.82, 2.24) is 19.9 Å². The first kappa shape index (κ1) is 15.7. The van der Waals surface area contributed by atoms with E-state index in [1.165, 1.54) is 25.7 Å². The van der Waals surface area contributed by atoms with Crippen LogP contribution in [-0.4, -0.2) is 60.1 Å². The summed E-state index contributed by atoms with van der Waals surface area (Å²) in [5.74, 6) is 6.91. The predicted octanol–water partition coefficient (Wildman–Crippen LogP) is 0.510. The third-order valence-electron chi connectivity index (χ3n) is 4.21. The summed E-state index contributed by atoms with van der Waals surface area (Å²) in [7, 11) is 8.05. The van der Waals surface area contributed by atoms with Crippen LogP contribution in [0.3, 0.4) is 0 Å². The van der Waals surface area contributed by atoms with Crippen LogP contribution < -0.4 is 21.5 Å². The van der Waals surface area contributed by atoms with Gasteiger partial charge in [-0.1, -0.05) is 12.8 Å². The van der Waals surface area contributed by atoms with Gasteiger partial charge in [0.05, 0.1) is 0 Å². The van der Waals surface area contributed by atoms with E-state index in [1.807, 2.05) is 19.0 Å². The Balaban J connectivity index is 2.13. The second kappa shape index (κ2) is 6.40. The molecule has 0 saturated heterocycles. The highest BCUT2D eigenvalue weighted by Gasteiger charge is 2.35. The Morgan fingerprint density at radius 2 is 1.67 bits per heavy atom. The van der Waals surface area contributed by atoms with Gasteiger partial charge in [0.2, 0.25) is 17.8 Å². The second-order valence-electron chi connectivity index (χ2n) is 6.00. The molecule has 4 N–H and O–H groups in total. The summed E-state index contributed by atoms with van der Waals surface area (Å²) in [6.07, 6.45) is 4.94. The first-order valence-electron chi connectivity index (χ1n) is 7.28. The summed E-state index contributed by atoms with van der Waals surface area (Å²) in [6, 6.07) is 0. The van der Waals surface area contributed by atoms with Crippen LogP contribution in [0.4, 0.5) is 17.8 Å². The highest BCUT2D eigenvalue weighted by Crippen LogP contribution is 2.33. The average molecular weight is 294 g/mol. The number of hydrazine groups is 1. The van der Waals surface area contributed by atoms with Crippen molar-refractivity contribution in [2.45, 2.75) is 31.2 Å². The van der Waals surface area contributed by atoms with Gasteiger partial charge in [0, 0.05) is 26.2 Å². The average Bonchev–Trinajstić information content (AvgIpc) is 2.95. The molecule has 0 unspecified atom stereocenters. The fourth-order valence-corrected chi connectivity index (χ4v) is 2.77. The lowest BCUT2D eigenvalue weighted by Gasteiger charge is -2.36. The Hall–Kier alpha value is -1.67. The first-order chi connectivity index (χ1) is 9.97. The number of nitrogens with zero attached hydrogens (tertiary/aromatic N) is 5. The van der Waals surface area contributed by atoms with E-state index >= 15 is 0 Å². The van der Waals surface area contributed by atoms with Gasteiger partial charge in [0.25, 0.3) is 0 Å². The molecule has 118 valence electrons.